The van der Waals surface area contributed by atoms with Crippen molar-refractivity contribution in [3.63, 3.8) is 0 Å². The average molecular weight is 545 g/mol. The van der Waals surface area contributed by atoms with E-state index in [1.54, 1.807) is 11.0 Å². The summed E-state index contributed by atoms with van der Waals surface area (Å²) in [4.78, 5) is 30.0. The van der Waals surface area contributed by atoms with Crippen molar-refractivity contribution in [2.24, 2.45) is 11.3 Å². The van der Waals surface area contributed by atoms with Crippen molar-refractivity contribution in [2.75, 3.05) is 30.3 Å². The Morgan fingerprint density at radius 3 is 2.49 bits per heavy atom. The zero-order valence-electron chi connectivity index (χ0n) is 23.0. The van der Waals surface area contributed by atoms with Crippen LogP contribution in [0.1, 0.15) is 53.4 Å². The van der Waals surface area contributed by atoms with E-state index in [4.69, 9.17) is 5.73 Å². The molecule has 4 rings (SSSR count). The average Bonchev–Trinajstić information content (AvgIpc) is 3.21. The van der Waals surface area contributed by atoms with Crippen molar-refractivity contribution < 1.29 is 23.5 Å². The van der Waals surface area contributed by atoms with Gasteiger partial charge in [0.2, 0.25) is 11.8 Å². The van der Waals surface area contributed by atoms with Gasteiger partial charge >= 0.3 is 0 Å². The Bertz CT molecular complexity index is 1210. The van der Waals surface area contributed by atoms with Gasteiger partial charge in [-0.2, -0.15) is 0 Å². The second kappa shape index (κ2) is 11.4. The maximum Gasteiger partial charge on any atom is 0.246 e. The lowest BCUT2D eigenvalue weighted by Gasteiger charge is -2.36. The number of nitrogen functional groups attached to an aromatic ring is 1. The first-order valence-electron chi connectivity index (χ1n) is 13.4. The van der Waals surface area contributed by atoms with E-state index in [-0.39, 0.29) is 53.8 Å². The second-order valence-corrected chi connectivity index (χ2v) is 11.9. The van der Waals surface area contributed by atoms with Crippen LogP contribution in [0.5, 0.6) is 0 Å². The lowest BCUT2D eigenvalue weighted by atomic mass is 9.85. The smallest absolute Gasteiger partial charge is 0.246 e. The molecule has 2 aliphatic rings. The maximum absolute atomic E-state index is 14.3. The summed E-state index contributed by atoms with van der Waals surface area (Å²) in [5.74, 6) is -1.22. The number of nitrogens with one attached hydrogen (secondary N) is 1. The van der Waals surface area contributed by atoms with Crippen LogP contribution >= 0.6 is 0 Å². The third-order valence-electron chi connectivity index (χ3n) is 7.69. The molecule has 11 heteroatoms. The van der Waals surface area contributed by atoms with Crippen molar-refractivity contribution in [1.29, 1.82) is 0 Å². The summed E-state index contributed by atoms with van der Waals surface area (Å²) in [6.07, 6.45) is 1.70. The van der Waals surface area contributed by atoms with Gasteiger partial charge in [0.1, 0.15) is 17.7 Å². The fourth-order valence-electron chi connectivity index (χ4n) is 5.45. The molecule has 3 atom stereocenters. The second-order valence-electron chi connectivity index (χ2n) is 11.9. The number of hydrogen-bond donors (Lipinski definition) is 3. The van der Waals surface area contributed by atoms with E-state index in [9.17, 15) is 23.5 Å². The predicted molar refractivity (Wildman–Crippen MR) is 145 cm³/mol. The number of nitrogens with zero attached hydrogens (tertiary/aromatic N) is 4. The predicted octanol–water partition coefficient (Wildman–Crippen LogP) is 3.12. The quantitative estimate of drug-likeness (QED) is 0.510. The third-order valence-corrected chi connectivity index (χ3v) is 7.69. The van der Waals surface area contributed by atoms with Crippen LogP contribution in [0.2, 0.25) is 0 Å². The van der Waals surface area contributed by atoms with Crippen molar-refractivity contribution in [3.8, 4) is 11.3 Å². The van der Waals surface area contributed by atoms with Crippen molar-refractivity contribution in [3.05, 3.63) is 35.9 Å². The summed E-state index contributed by atoms with van der Waals surface area (Å²) in [6.45, 7) is 9.15. The van der Waals surface area contributed by atoms with Gasteiger partial charge in [-0.1, -0.05) is 20.8 Å². The molecule has 0 radical (unpaired) electrons. The number of likely N-dealkylation sites (tertiary alicyclic amines) is 1. The zero-order chi connectivity index (χ0) is 28.5. The van der Waals surface area contributed by atoms with Crippen LogP contribution < -0.4 is 16.0 Å². The van der Waals surface area contributed by atoms with Crippen LogP contribution in [0, 0.1) is 23.0 Å². The molecule has 0 spiro atoms. The van der Waals surface area contributed by atoms with Crippen molar-refractivity contribution in [2.45, 2.75) is 71.6 Å². The van der Waals surface area contributed by atoms with Gasteiger partial charge < -0.3 is 26.0 Å². The molecule has 39 heavy (non-hydrogen) atoms. The summed E-state index contributed by atoms with van der Waals surface area (Å²) in [5, 5.41) is 20.9. The van der Waals surface area contributed by atoms with E-state index in [2.05, 4.69) is 15.5 Å². The Hall–Kier alpha value is -3.34. The number of aliphatic hydroxyl groups excluding tert-OH is 1. The number of aliphatic hydroxyl groups is 1. The zero-order valence-corrected chi connectivity index (χ0v) is 23.0. The SMILES string of the molecule is C[C@@H]1C[C@@H](O)CN1C(=O)[C@@H](NC(=O)CC1CCN(c2cc(-c3cc(F)ccc3F)nnc2N)CC1)C(C)(C)C. The molecule has 2 aliphatic heterocycles. The van der Waals surface area contributed by atoms with Gasteiger partial charge in [0, 0.05) is 37.7 Å². The number of carbonyl (C=O) groups is 2. The topological polar surface area (TPSA) is 125 Å². The summed E-state index contributed by atoms with van der Waals surface area (Å²) >= 11 is 0. The highest BCUT2D eigenvalue weighted by atomic mass is 19.1. The molecule has 2 amide bonds. The largest absolute Gasteiger partial charge is 0.391 e. The molecule has 0 unspecified atom stereocenters. The molecule has 0 aliphatic carbocycles. The number of anilines is 2. The molecule has 0 bridgehead atoms. The number of rotatable bonds is 6. The first-order valence-corrected chi connectivity index (χ1v) is 13.4. The first-order chi connectivity index (χ1) is 18.3. The Labute approximate surface area is 227 Å². The minimum Gasteiger partial charge on any atom is -0.391 e. The third kappa shape index (κ3) is 6.63. The molecule has 1 aromatic carbocycles. The number of aromatic nitrogens is 2. The molecule has 3 heterocycles. The van der Waals surface area contributed by atoms with E-state index in [0.29, 0.717) is 38.0 Å². The fraction of sp³-hybridized carbons (Fsp3) is 0.571. The van der Waals surface area contributed by atoms with Gasteiger partial charge in [-0.05, 0) is 61.8 Å². The van der Waals surface area contributed by atoms with Gasteiger partial charge in [0.05, 0.1) is 17.5 Å². The molecule has 2 aromatic rings. The summed E-state index contributed by atoms with van der Waals surface area (Å²) in [5.41, 5.74) is 6.38. The van der Waals surface area contributed by atoms with Crippen LogP contribution in [0.3, 0.4) is 0 Å². The molecular formula is C28H38F2N6O3. The maximum atomic E-state index is 14.3. The standard InChI is InChI=1S/C28H38F2N6O3/c1-16-11-19(37)15-36(16)27(39)25(28(2,3)4)32-24(38)12-17-7-9-35(10-8-17)23-14-22(33-34-26(23)31)20-13-18(29)5-6-21(20)30/h5-6,13-14,16-17,19,25,37H,7-12,15H2,1-4H3,(H2,31,34)(H,32,38)/t16-,19-,25-/m1/s1. The van der Waals surface area contributed by atoms with E-state index in [1.165, 1.54) is 0 Å². The number of amides is 2. The minimum absolute atomic E-state index is 0.0103. The number of β-amino-alcohol motifs (C(OH)–C–C–N with tert-alkyl or cyclic N) is 1. The van der Waals surface area contributed by atoms with E-state index >= 15 is 0 Å². The molecule has 9 nitrogen and oxygen atoms in total. The number of nitrogens with two attached hydrogens (primary N) is 1. The van der Waals surface area contributed by atoms with Crippen molar-refractivity contribution >= 4 is 23.3 Å². The van der Waals surface area contributed by atoms with Gasteiger partial charge in [-0.25, -0.2) is 8.78 Å². The molecule has 1 aromatic heterocycles. The van der Waals surface area contributed by atoms with Crippen LogP contribution in [0.25, 0.3) is 11.3 Å². The van der Waals surface area contributed by atoms with Crippen LogP contribution in [0.15, 0.2) is 24.3 Å². The number of carbonyl (C=O) groups excluding carboxylic acids is 2. The lowest BCUT2D eigenvalue weighted by Crippen LogP contribution is -2.55. The van der Waals surface area contributed by atoms with Crippen LogP contribution in [-0.2, 0) is 9.59 Å². The van der Waals surface area contributed by atoms with E-state index in [1.807, 2.05) is 32.6 Å². The van der Waals surface area contributed by atoms with Gasteiger partial charge in [0.15, 0.2) is 5.82 Å². The first kappa shape index (κ1) is 28.7. The highest BCUT2D eigenvalue weighted by Gasteiger charge is 2.40. The fourth-order valence-corrected chi connectivity index (χ4v) is 5.45. The molecule has 212 valence electrons. The Kier molecular flexibility index (Phi) is 8.39. The Morgan fingerprint density at radius 1 is 1.18 bits per heavy atom. The summed E-state index contributed by atoms with van der Waals surface area (Å²) in [7, 11) is 0. The summed E-state index contributed by atoms with van der Waals surface area (Å²) in [6, 6.07) is 4.01. The van der Waals surface area contributed by atoms with Crippen LogP contribution in [0.4, 0.5) is 20.3 Å². The normalized spacial score (nSPS) is 21.2. The van der Waals surface area contributed by atoms with E-state index < -0.39 is 29.2 Å². The summed E-state index contributed by atoms with van der Waals surface area (Å²) < 4.78 is 28.0. The minimum atomic E-state index is -0.692. The van der Waals surface area contributed by atoms with Crippen LogP contribution in [-0.4, -0.2) is 69.8 Å². The lowest BCUT2D eigenvalue weighted by molar-refractivity contribution is -0.140. The van der Waals surface area contributed by atoms with Crippen molar-refractivity contribution in [1.82, 2.24) is 20.4 Å². The Morgan fingerprint density at radius 2 is 1.87 bits per heavy atom. The number of hydrogen-bond acceptors (Lipinski definition) is 7. The molecule has 2 fully saturated rings. The van der Waals surface area contributed by atoms with Gasteiger partial charge in [-0.15, -0.1) is 10.2 Å². The van der Waals surface area contributed by atoms with E-state index in [0.717, 1.165) is 18.2 Å². The monoisotopic (exact) mass is 544 g/mol. The molecule has 0 saturated carbocycles. The molecule has 2 saturated heterocycles. The number of benzene rings is 1. The number of piperidine rings is 1. The van der Waals surface area contributed by atoms with Gasteiger partial charge in [0.25, 0.3) is 0 Å². The highest BCUT2D eigenvalue weighted by molar-refractivity contribution is 5.88. The van der Waals surface area contributed by atoms with Gasteiger partial charge in [-0.3, -0.25) is 9.59 Å². The highest BCUT2D eigenvalue weighted by Crippen LogP contribution is 2.32. The molecule has 4 N–H and O–H groups in total. The Balaban J connectivity index is 1.37. The number of halogens is 2. The molecular weight excluding hydrogens is 506 g/mol.